The summed E-state index contributed by atoms with van der Waals surface area (Å²) >= 11 is 0. The first kappa shape index (κ1) is 14.1. The molecular formula is C20H26N2O2. The zero-order valence-electron chi connectivity index (χ0n) is 14.3. The van der Waals surface area contributed by atoms with E-state index >= 15 is 0 Å². The predicted octanol–water partition coefficient (Wildman–Crippen LogP) is 1.55. The first-order chi connectivity index (χ1) is 11.6. The summed E-state index contributed by atoms with van der Waals surface area (Å²) < 4.78 is 0. The lowest BCUT2D eigenvalue weighted by Crippen LogP contribution is -2.72. The topological polar surface area (TPSA) is 46.9 Å². The Morgan fingerprint density at radius 2 is 2.00 bits per heavy atom. The molecule has 7 rings (SSSR count). The highest BCUT2D eigenvalue weighted by atomic mass is 16.3. The summed E-state index contributed by atoms with van der Waals surface area (Å²) in [5, 5.41) is 22.6. The molecular weight excluding hydrogens is 300 g/mol. The van der Waals surface area contributed by atoms with Gasteiger partial charge in [0.05, 0.1) is 12.1 Å². The first-order valence-electron chi connectivity index (χ1n) is 9.57. The summed E-state index contributed by atoms with van der Waals surface area (Å²) in [4.78, 5) is 4.83. The van der Waals surface area contributed by atoms with E-state index in [1.165, 1.54) is 11.3 Å². The molecule has 10 atom stereocenters. The Morgan fingerprint density at radius 1 is 1.21 bits per heavy atom. The van der Waals surface area contributed by atoms with Crippen molar-refractivity contribution in [2.45, 2.75) is 62.1 Å². The number of aliphatic hydroxyl groups is 2. The van der Waals surface area contributed by atoms with Gasteiger partial charge in [-0.2, -0.15) is 0 Å². The summed E-state index contributed by atoms with van der Waals surface area (Å²) in [6.07, 6.45) is 2.56. The van der Waals surface area contributed by atoms with Gasteiger partial charge in [0.2, 0.25) is 0 Å². The van der Waals surface area contributed by atoms with E-state index in [0.29, 0.717) is 35.9 Å². The third-order valence-corrected chi connectivity index (χ3v) is 8.46. The molecule has 4 heteroatoms. The van der Waals surface area contributed by atoms with Crippen molar-refractivity contribution in [2.75, 3.05) is 11.9 Å². The molecule has 5 aliphatic heterocycles. The molecule has 0 aromatic heterocycles. The predicted molar refractivity (Wildman–Crippen MR) is 91.7 cm³/mol. The largest absolute Gasteiger partial charge is 0.392 e. The molecule has 5 unspecified atom stereocenters. The highest BCUT2D eigenvalue weighted by Gasteiger charge is 2.76. The van der Waals surface area contributed by atoms with Gasteiger partial charge in [0, 0.05) is 42.1 Å². The summed E-state index contributed by atoms with van der Waals surface area (Å²) in [5.41, 5.74) is 2.51. The number of fused-ring (bicyclic) bond motifs is 2. The van der Waals surface area contributed by atoms with Crippen molar-refractivity contribution in [2.24, 2.45) is 17.8 Å². The second kappa shape index (κ2) is 4.17. The molecule has 128 valence electrons. The fourth-order valence-corrected chi connectivity index (χ4v) is 7.88. The summed E-state index contributed by atoms with van der Waals surface area (Å²) in [7, 11) is 2.19. The SMILES string of the molecule is CC[C@@H]1C2CC3[C@H]4N(C)c5ccccc5[C@@]45C[C@H](C2C5O)N3[C@H]1O. The van der Waals surface area contributed by atoms with E-state index in [-0.39, 0.29) is 17.7 Å². The molecule has 0 radical (unpaired) electrons. The molecule has 1 aromatic carbocycles. The number of likely N-dealkylation sites (N-methyl/N-ethyl adjacent to an activating group) is 1. The van der Waals surface area contributed by atoms with E-state index < -0.39 is 0 Å². The average Bonchev–Trinajstić information content (AvgIpc) is 2.97. The van der Waals surface area contributed by atoms with Gasteiger partial charge in [0.15, 0.2) is 0 Å². The Balaban J connectivity index is 1.60. The van der Waals surface area contributed by atoms with E-state index in [9.17, 15) is 10.2 Å². The van der Waals surface area contributed by atoms with Crippen molar-refractivity contribution in [3.05, 3.63) is 29.8 Å². The van der Waals surface area contributed by atoms with Gasteiger partial charge in [-0.05, 0) is 36.8 Å². The number of hydrogen-bond acceptors (Lipinski definition) is 4. The molecule has 6 aliphatic rings. The molecule has 1 spiro atoms. The van der Waals surface area contributed by atoms with Gasteiger partial charge in [-0.1, -0.05) is 25.1 Å². The van der Waals surface area contributed by atoms with Crippen molar-refractivity contribution in [3.8, 4) is 0 Å². The summed E-state index contributed by atoms with van der Waals surface area (Å²) in [5.74, 6) is 1.14. The number of rotatable bonds is 1. The molecule has 5 fully saturated rings. The van der Waals surface area contributed by atoms with Crippen LogP contribution in [-0.4, -0.2) is 52.6 Å². The van der Waals surface area contributed by atoms with Gasteiger partial charge >= 0.3 is 0 Å². The molecule has 4 saturated heterocycles. The number of aliphatic hydroxyl groups excluding tert-OH is 2. The molecule has 1 saturated carbocycles. The molecule has 1 aromatic rings. The van der Waals surface area contributed by atoms with Gasteiger partial charge < -0.3 is 15.1 Å². The Kier molecular flexibility index (Phi) is 2.45. The molecule has 4 nitrogen and oxygen atoms in total. The number of hydrogen-bond donors (Lipinski definition) is 2. The molecule has 2 N–H and O–H groups in total. The monoisotopic (exact) mass is 326 g/mol. The van der Waals surface area contributed by atoms with E-state index in [1.807, 2.05) is 0 Å². The fourth-order valence-electron chi connectivity index (χ4n) is 7.88. The van der Waals surface area contributed by atoms with Crippen molar-refractivity contribution in [1.82, 2.24) is 4.90 Å². The van der Waals surface area contributed by atoms with E-state index in [4.69, 9.17) is 0 Å². The fraction of sp³-hybridized carbons (Fsp3) is 0.700. The molecule has 24 heavy (non-hydrogen) atoms. The molecule has 0 amide bonds. The van der Waals surface area contributed by atoms with Gasteiger partial charge in [-0.25, -0.2) is 0 Å². The number of anilines is 1. The summed E-state index contributed by atoms with van der Waals surface area (Å²) in [6.45, 7) is 2.19. The van der Waals surface area contributed by atoms with Crippen LogP contribution in [0.25, 0.3) is 0 Å². The zero-order valence-corrected chi connectivity index (χ0v) is 14.3. The van der Waals surface area contributed by atoms with Gasteiger partial charge in [-0.3, -0.25) is 4.90 Å². The van der Waals surface area contributed by atoms with E-state index in [2.05, 4.69) is 48.0 Å². The van der Waals surface area contributed by atoms with Crippen LogP contribution in [0.2, 0.25) is 0 Å². The lowest BCUT2D eigenvalue weighted by Gasteiger charge is -2.62. The third kappa shape index (κ3) is 1.20. The zero-order chi connectivity index (χ0) is 16.4. The second-order valence-corrected chi connectivity index (χ2v) is 8.81. The minimum Gasteiger partial charge on any atom is -0.392 e. The van der Waals surface area contributed by atoms with E-state index in [0.717, 1.165) is 19.3 Å². The smallest absolute Gasteiger partial charge is 0.111 e. The van der Waals surface area contributed by atoms with E-state index in [1.54, 1.807) is 0 Å². The molecule has 1 aliphatic carbocycles. The van der Waals surface area contributed by atoms with Crippen LogP contribution in [0.15, 0.2) is 24.3 Å². The lowest BCUT2D eigenvalue weighted by molar-refractivity contribution is -0.211. The third-order valence-electron chi connectivity index (χ3n) is 8.46. The Labute approximate surface area is 143 Å². The quantitative estimate of drug-likeness (QED) is 0.822. The normalized spacial score (nSPS) is 55.8. The van der Waals surface area contributed by atoms with Crippen molar-refractivity contribution in [1.29, 1.82) is 0 Å². The Bertz CT molecular complexity index is 723. The van der Waals surface area contributed by atoms with Gasteiger partial charge in [0.25, 0.3) is 0 Å². The number of benzene rings is 1. The van der Waals surface area contributed by atoms with Crippen LogP contribution < -0.4 is 4.90 Å². The van der Waals surface area contributed by atoms with Crippen LogP contribution in [-0.2, 0) is 5.41 Å². The van der Waals surface area contributed by atoms with Crippen LogP contribution in [0.5, 0.6) is 0 Å². The maximum atomic E-state index is 11.6. The van der Waals surface area contributed by atoms with Gasteiger partial charge in [-0.15, -0.1) is 0 Å². The van der Waals surface area contributed by atoms with Crippen LogP contribution in [0.3, 0.4) is 0 Å². The lowest BCUT2D eigenvalue weighted by atomic mass is 9.62. The number of nitrogens with zero attached hydrogens (tertiary/aromatic N) is 2. The highest BCUT2D eigenvalue weighted by molar-refractivity contribution is 5.67. The Morgan fingerprint density at radius 3 is 2.79 bits per heavy atom. The summed E-state index contributed by atoms with van der Waals surface area (Å²) in [6, 6.07) is 9.70. The first-order valence-corrected chi connectivity index (χ1v) is 9.57. The Hall–Kier alpha value is -1.10. The van der Waals surface area contributed by atoms with Crippen LogP contribution in [0, 0.1) is 17.8 Å². The minimum absolute atomic E-state index is 0.126. The number of para-hydroxylation sites is 1. The van der Waals surface area contributed by atoms with Crippen LogP contribution >= 0.6 is 0 Å². The highest BCUT2D eigenvalue weighted by Crippen LogP contribution is 2.68. The van der Waals surface area contributed by atoms with Crippen LogP contribution in [0.1, 0.15) is 31.7 Å². The standard InChI is InChI=1S/C20H26N2O2/c1-3-10-11-8-14-17-20(12-6-4-5-7-13(12)21(17)2)9-15(16(11)18(20)23)22(14)19(10)24/h4-7,10-11,14-19,23-24H,3,8-9H2,1-2H3/t10-,11?,14?,15-,16?,17-,18?,19+,20+/m1/s1. The second-order valence-electron chi connectivity index (χ2n) is 8.81. The van der Waals surface area contributed by atoms with Crippen molar-refractivity contribution < 1.29 is 10.2 Å². The van der Waals surface area contributed by atoms with Crippen LogP contribution in [0.4, 0.5) is 5.69 Å². The van der Waals surface area contributed by atoms with Crippen molar-refractivity contribution >= 4 is 5.69 Å². The molecule has 5 heterocycles. The van der Waals surface area contributed by atoms with Crippen molar-refractivity contribution in [3.63, 3.8) is 0 Å². The molecule has 5 bridgehead atoms. The maximum Gasteiger partial charge on any atom is 0.111 e. The average molecular weight is 326 g/mol. The minimum atomic E-state index is -0.319. The maximum absolute atomic E-state index is 11.6. The van der Waals surface area contributed by atoms with Gasteiger partial charge in [0.1, 0.15) is 6.23 Å². The number of piperidine rings is 4.